The summed E-state index contributed by atoms with van der Waals surface area (Å²) in [5, 5.41) is 12.6. The Morgan fingerprint density at radius 3 is 2.32 bits per heavy atom. The number of carboxylic acid groups (broad SMARTS) is 1. The van der Waals surface area contributed by atoms with Crippen LogP contribution in [0, 0.1) is 11.8 Å². The van der Waals surface area contributed by atoms with Gasteiger partial charge in [-0.2, -0.15) is 0 Å². The van der Waals surface area contributed by atoms with Crippen molar-refractivity contribution in [1.29, 1.82) is 0 Å². The zero-order valence-electron chi connectivity index (χ0n) is 13.1. The standard InChI is InChI=1S/C15H30N2O2/c1-11(2)16-15(5,14(18)19)6-7-17-9-12(3)8-13(4)10-17/h11-13,16H,6-10H2,1-5H3,(H,18,19). The van der Waals surface area contributed by atoms with Gasteiger partial charge >= 0.3 is 5.97 Å². The van der Waals surface area contributed by atoms with E-state index in [-0.39, 0.29) is 6.04 Å². The lowest BCUT2D eigenvalue weighted by Crippen LogP contribution is -2.54. The second-order valence-electron chi connectivity index (χ2n) is 6.89. The van der Waals surface area contributed by atoms with Crippen LogP contribution in [0.15, 0.2) is 0 Å². The van der Waals surface area contributed by atoms with Gasteiger partial charge in [0.2, 0.25) is 0 Å². The van der Waals surface area contributed by atoms with Gasteiger partial charge in [0.15, 0.2) is 0 Å². The molecule has 1 aliphatic rings. The first-order valence-electron chi connectivity index (χ1n) is 7.46. The van der Waals surface area contributed by atoms with Crippen LogP contribution in [-0.4, -0.2) is 47.2 Å². The molecule has 1 saturated heterocycles. The molecular weight excluding hydrogens is 240 g/mol. The third kappa shape index (κ3) is 5.11. The topological polar surface area (TPSA) is 52.6 Å². The van der Waals surface area contributed by atoms with Crippen LogP contribution in [0.25, 0.3) is 0 Å². The fourth-order valence-electron chi connectivity index (χ4n) is 3.23. The summed E-state index contributed by atoms with van der Waals surface area (Å²) in [5.74, 6) is 0.690. The normalized spacial score (nSPS) is 28.3. The van der Waals surface area contributed by atoms with Crippen LogP contribution in [0.1, 0.15) is 47.5 Å². The van der Waals surface area contributed by atoms with Crippen LogP contribution in [0.4, 0.5) is 0 Å². The van der Waals surface area contributed by atoms with Crippen molar-refractivity contribution >= 4 is 5.97 Å². The lowest BCUT2D eigenvalue weighted by atomic mass is 9.90. The lowest BCUT2D eigenvalue weighted by molar-refractivity contribution is -0.145. The fraction of sp³-hybridized carbons (Fsp3) is 0.933. The minimum atomic E-state index is -0.821. The average molecular weight is 270 g/mol. The Hall–Kier alpha value is -0.610. The number of likely N-dealkylation sites (tertiary alicyclic amines) is 1. The molecule has 0 bridgehead atoms. The monoisotopic (exact) mass is 270 g/mol. The van der Waals surface area contributed by atoms with E-state index in [1.807, 2.05) is 13.8 Å². The van der Waals surface area contributed by atoms with Crippen molar-refractivity contribution in [2.45, 2.75) is 59.0 Å². The summed E-state index contributed by atoms with van der Waals surface area (Å²) < 4.78 is 0. The smallest absolute Gasteiger partial charge is 0.323 e. The average Bonchev–Trinajstić information content (AvgIpc) is 2.24. The molecule has 0 radical (unpaired) electrons. The summed E-state index contributed by atoms with van der Waals surface area (Å²) in [6.45, 7) is 13.4. The zero-order valence-corrected chi connectivity index (χ0v) is 13.1. The molecule has 2 N–H and O–H groups in total. The number of nitrogens with zero attached hydrogens (tertiary/aromatic N) is 1. The highest BCUT2D eigenvalue weighted by Gasteiger charge is 2.34. The Morgan fingerprint density at radius 1 is 1.37 bits per heavy atom. The Labute approximate surface area is 117 Å². The summed E-state index contributed by atoms with van der Waals surface area (Å²) >= 11 is 0. The second-order valence-corrected chi connectivity index (χ2v) is 6.89. The number of hydrogen-bond donors (Lipinski definition) is 2. The van der Waals surface area contributed by atoms with Gasteiger partial charge in [0.05, 0.1) is 0 Å². The van der Waals surface area contributed by atoms with Crippen LogP contribution >= 0.6 is 0 Å². The van der Waals surface area contributed by atoms with Crippen molar-refractivity contribution in [3.05, 3.63) is 0 Å². The van der Waals surface area contributed by atoms with E-state index in [2.05, 4.69) is 24.1 Å². The summed E-state index contributed by atoms with van der Waals surface area (Å²) in [7, 11) is 0. The predicted octanol–water partition coefficient (Wildman–Crippen LogP) is 2.20. The van der Waals surface area contributed by atoms with E-state index in [0.29, 0.717) is 6.42 Å². The number of carbonyl (C=O) groups is 1. The van der Waals surface area contributed by atoms with Gasteiger partial charge in [-0.15, -0.1) is 0 Å². The van der Waals surface area contributed by atoms with Crippen LogP contribution in [-0.2, 0) is 4.79 Å². The highest BCUT2D eigenvalue weighted by Crippen LogP contribution is 2.22. The van der Waals surface area contributed by atoms with Crippen molar-refractivity contribution in [2.24, 2.45) is 11.8 Å². The quantitative estimate of drug-likeness (QED) is 0.777. The van der Waals surface area contributed by atoms with E-state index in [1.54, 1.807) is 6.92 Å². The molecule has 3 atom stereocenters. The Balaban J connectivity index is 2.54. The third-order valence-corrected chi connectivity index (χ3v) is 3.95. The van der Waals surface area contributed by atoms with E-state index in [1.165, 1.54) is 6.42 Å². The van der Waals surface area contributed by atoms with E-state index in [4.69, 9.17) is 0 Å². The van der Waals surface area contributed by atoms with Gasteiger partial charge in [0, 0.05) is 25.7 Å². The molecule has 1 aliphatic heterocycles. The first-order valence-corrected chi connectivity index (χ1v) is 7.46. The van der Waals surface area contributed by atoms with Crippen LogP contribution in [0.5, 0.6) is 0 Å². The molecule has 1 rings (SSSR count). The number of nitrogens with one attached hydrogen (secondary N) is 1. The fourth-order valence-corrected chi connectivity index (χ4v) is 3.23. The highest BCUT2D eigenvalue weighted by molar-refractivity contribution is 5.78. The molecule has 1 heterocycles. The van der Waals surface area contributed by atoms with Crippen LogP contribution in [0.2, 0.25) is 0 Å². The van der Waals surface area contributed by atoms with Gasteiger partial charge in [0.1, 0.15) is 5.54 Å². The number of piperidine rings is 1. The molecule has 1 fully saturated rings. The van der Waals surface area contributed by atoms with Gasteiger partial charge in [-0.1, -0.05) is 13.8 Å². The third-order valence-electron chi connectivity index (χ3n) is 3.95. The Bertz CT molecular complexity index is 297. The van der Waals surface area contributed by atoms with Gasteiger partial charge in [-0.25, -0.2) is 0 Å². The molecule has 0 amide bonds. The minimum Gasteiger partial charge on any atom is -0.480 e. The van der Waals surface area contributed by atoms with E-state index in [9.17, 15) is 9.90 Å². The Morgan fingerprint density at radius 2 is 1.89 bits per heavy atom. The molecule has 0 aliphatic carbocycles. The molecule has 0 spiro atoms. The van der Waals surface area contributed by atoms with E-state index in [0.717, 1.165) is 31.5 Å². The zero-order chi connectivity index (χ0) is 14.6. The van der Waals surface area contributed by atoms with Crippen molar-refractivity contribution in [2.75, 3.05) is 19.6 Å². The molecule has 4 nitrogen and oxygen atoms in total. The van der Waals surface area contributed by atoms with Crippen molar-refractivity contribution in [1.82, 2.24) is 10.2 Å². The summed E-state index contributed by atoms with van der Waals surface area (Å²) in [5.41, 5.74) is -0.821. The van der Waals surface area contributed by atoms with Crippen LogP contribution in [0.3, 0.4) is 0 Å². The molecule has 0 aromatic rings. The summed E-state index contributed by atoms with van der Waals surface area (Å²) in [6.07, 6.45) is 1.94. The maximum absolute atomic E-state index is 11.5. The molecule has 112 valence electrons. The van der Waals surface area contributed by atoms with Crippen molar-refractivity contribution < 1.29 is 9.90 Å². The van der Waals surface area contributed by atoms with Crippen molar-refractivity contribution in [3.8, 4) is 0 Å². The van der Waals surface area contributed by atoms with E-state index >= 15 is 0 Å². The molecule has 3 unspecified atom stereocenters. The Kier molecular flexibility index (Phi) is 5.81. The molecule has 0 saturated carbocycles. The molecule has 19 heavy (non-hydrogen) atoms. The van der Waals surface area contributed by atoms with Gasteiger partial charge in [0.25, 0.3) is 0 Å². The highest BCUT2D eigenvalue weighted by atomic mass is 16.4. The predicted molar refractivity (Wildman–Crippen MR) is 78.3 cm³/mol. The number of aliphatic carboxylic acids is 1. The molecule has 0 aromatic heterocycles. The molecule has 4 heteroatoms. The molecular formula is C15H30N2O2. The minimum absolute atomic E-state index is 0.181. The summed E-state index contributed by atoms with van der Waals surface area (Å²) in [4.78, 5) is 13.9. The van der Waals surface area contributed by atoms with E-state index < -0.39 is 11.5 Å². The first kappa shape index (κ1) is 16.4. The van der Waals surface area contributed by atoms with Gasteiger partial charge in [-0.3, -0.25) is 10.1 Å². The maximum atomic E-state index is 11.5. The van der Waals surface area contributed by atoms with Crippen LogP contribution < -0.4 is 5.32 Å². The SMILES string of the molecule is CC1CC(C)CN(CCC(C)(NC(C)C)C(=O)O)C1. The summed E-state index contributed by atoms with van der Waals surface area (Å²) in [6, 6.07) is 0.181. The maximum Gasteiger partial charge on any atom is 0.323 e. The number of rotatable bonds is 6. The number of hydrogen-bond acceptors (Lipinski definition) is 3. The van der Waals surface area contributed by atoms with Crippen molar-refractivity contribution in [3.63, 3.8) is 0 Å². The molecule has 0 aromatic carbocycles. The van der Waals surface area contributed by atoms with Gasteiger partial charge < -0.3 is 10.0 Å². The lowest BCUT2D eigenvalue weighted by Gasteiger charge is -2.37. The van der Waals surface area contributed by atoms with Gasteiger partial charge in [-0.05, 0) is 45.4 Å². The second kappa shape index (κ2) is 6.71. The number of carboxylic acids is 1. The largest absolute Gasteiger partial charge is 0.480 e. The first-order chi connectivity index (χ1) is 8.73.